The zero-order chi connectivity index (χ0) is 11.5. The smallest absolute Gasteiger partial charge is 0.232 e. The van der Waals surface area contributed by atoms with Crippen LogP contribution in [0.1, 0.15) is 6.42 Å². The molecule has 2 heterocycles. The van der Waals surface area contributed by atoms with Crippen LogP contribution in [0.3, 0.4) is 0 Å². The van der Waals surface area contributed by atoms with E-state index in [2.05, 4.69) is 9.97 Å². The van der Waals surface area contributed by atoms with Gasteiger partial charge in [0, 0.05) is 19.1 Å². The van der Waals surface area contributed by atoms with Crippen LogP contribution in [-0.2, 0) is 0 Å². The fourth-order valence-corrected chi connectivity index (χ4v) is 1.71. The van der Waals surface area contributed by atoms with Gasteiger partial charge in [0.1, 0.15) is 0 Å². The molecule has 2 rings (SSSR count). The zero-order valence-corrected chi connectivity index (χ0v) is 9.51. The van der Waals surface area contributed by atoms with Crippen molar-refractivity contribution in [2.45, 2.75) is 12.5 Å². The minimum Gasteiger partial charge on any atom is -0.481 e. The van der Waals surface area contributed by atoms with E-state index in [-0.39, 0.29) is 6.04 Å². The van der Waals surface area contributed by atoms with Crippen molar-refractivity contribution < 1.29 is 9.47 Å². The average molecular weight is 224 g/mol. The highest BCUT2D eigenvalue weighted by Crippen LogP contribution is 2.22. The van der Waals surface area contributed by atoms with Gasteiger partial charge in [-0.3, -0.25) is 0 Å². The largest absolute Gasteiger partial charge is 0.481 e. The highest BCUT2D eigenvalue weighted by molar-refractivity contribution is 5.38. The Labute approximate surface area is 94.4 Å². The van der Waals surface area contributed by atoms with Crippen LogP contribution < -0.4 is 20.1 Å². The number of nitrogens with two attached hydrogens (primary N) is 1. The Balaban J connectivity index is 2.25. The molecule has 6 nitrogen and oxygen atoms in total. The third-order valence-electron chi connectivity index (χ3n) is 2.59. The fraction of sp³-hybridized carbons (Fsp3) is 0.600. The Morgan fingerprint density at radius 2 is 1.94 bits per heavy atom. The number of aromatic nitrogens is 2. The van der Waals surface area contributed by atoms with Crippen molar-refractivity contribution in [3.8, 4) is 11.8 Å². The summed E-state index contributed by atoms with van der Waals surface area (Å²) < 4.78 is 10.2. The van der Waals surface area contributed by atoms with Crippen LogP contribution >= 0.6 is 0 Å². The topological polar surface area (TPSA) is 73.5 Å². The fourth-order valence-electron chi connectivity index (χ4n) is 1.71. The summed E-state index contributed by atoms with van der Waals surface area (Å²) in [5, 5.41) is 0. The molecule has 0 aromatic carbocycles. The van der Waals surface area contributed by atoms with E-state index < -0.39 is 0 Å². The van der Waals surface area contributed by atoms with Gasteiger partial charge in [-0.15, -0.1) is 0 Å². The van der Waals surface area contributed by atoms with Gasteiger partial charge in [0.15, 0.2) is 0 Å². The summed E-state index contributed by atoms with van der Waals surface area (Å²) in [4.78, 5) is 10.6. The molecule has 0 spiro atoms. The third kappa shape index (κ3) is 2.16. The maximum Gasteiger partial charge on any atom is 0.232 e. The first-order chi connectivity index (χ1) is 7.72. The Morgan fingerprint density at radius 3 is 2.38 bits per heavy atom. The molecule has 88 valence electrons. The molecule has 1 aromatic heterocycles. The van der Waals surface area contributed by atoms with Crippen LogP contribution in [-0.4, -0.2) is 43.3 Å². The molecule has 6 heteroatoms. The molecule has 1 aliphatic rings. The van der Waals surface area contributed by atoms with Crippen molar-refractivity contribution in [1.82, 2.24) is 9.97 Å². The SMILES string of the molecule is COc1cc(OC)nc(N2CCC(N)C2)n1. The summed E-state index contributed by atoms with van der Waals surface area (Å²) in [6.07, 6.45) is 0.961. The van der Waals surface area contributed by atoms with Crippen molar-refractivity contribution in [2.75, 3.05) is 32.2 Å². The van der Waals surface area contributed by atoms with Crippen molar-refractivity contribution in [3.63, 3.8) is 0 Å². The Kier molecular flexibility index (Phi) is 3.09. The van der Waals surface area contributed by atoms with Gasteiger partial charge < -0.3 is 20.1 Å². The molecule has 1 atom stereocenters. The number of ether oxygens (including phenoxy) is 2. The number of nitrogens with zero attached hydrogens (tertiary/aromatic N) is 3. The van der Waals surface area contributed by atoms with Crippen LogP contribution in [0.15, 0.2) is 6.07 Å². The van der Waals surface area contributed by atoms with Crippen LogP contribution in [0.2, 0.25) is 0 Å². The first-order valence-corrected chi connectivity index (χ1v) is 5.20. The molecule has 16 heavy (non-hydrogen) atoms. The zero-order valence-electron chi connectivity index (χ0n) is 9.51. The summed E-state index contributed by atoms with van der Waals surface area (Å²) in [6, 6.07) is 1.85. The Morgan fingerprint density at radius 1 is 1.31 bits per heavy atom. The van der Waals surface area contributed by atoms with Gasteiger partial charge in [0.05, 0.1) is 20.3 Å². The molecule has 1 aromatic rings. The summed E-state index contributed by atoms with van der Waals surface area (Å²) in [5.41, 5.74) is 5.84. The molecule has 1 unspecified atom stereocenters. The summed E-state index contributed by atoms with van der Waals surface area (Å²) in [7, 11) is 3.14. The normalized spacial score (nSPS) is 19.9. The third-order valence-corrected chi connectivity index (χ3v) is 2.59. The van der Waals surface area contributed by atoms with E-state index in [9.17, 15) is 0 Å². The maximum absolute atomic E-state index is 5.84. The number of methoxy groups -OCH3 is 2. The Hall–Kier alpha value is -1.56. The van der Waals surface area contributed by atoms with Gasteiger partial charge >= 0.3 is 0 Å². The van der Waals surface area contributed by atoms with E-state index in [0.29, 0.717) is 17.7 Å². The number of anilines is 1. The van der Waals surface area contributed by atoms with E-state index in [1.54, 1.807) is 20.3 Å². The second-order valence-electron chi connectivity index (χ2n) is 3.75. The van der Waals surface area contributed by atoms with Crippen molar-refractivity contribution in [1.29, 1.82) is 0 Å². The molecule has 0 amide bonds. The lowest BCUT2D eigenvalue weighted by atomic mass is 10.3. The molecule has 0 bridgehead atoms. The van der Waals surface area contributed by atoms with Gasteiger partial charge in [-0.25, -0.2) is 0 Å². The molecule has 0 saturated carbocycles. The molecule has 1 fully saturated rings. The van der Waals surface area contributed by atoms with E-state index >= 15 is 0 Å². The van der Waals surface area contributed by atoms with Crippen LogP contribution in [0, 0.1) is 0 Å². The quantitative estimate of drug-likeness (QED) is 0.781. The maximum atomic E-state index is 5.84. The molecule has 1 saturated heterocycles. The summed E-state index contributed by atoms with van der Waals surface area (Å²) >= 11 is 0. The predicted octanol–water partition coefficient (Wildman–Crippen LogP) is 0.0312. The summed E-state index contributed by atoms with van der Waals surface area (Å²) in [6.45, 7) is 1.65. The molecular weight excluding hydrogens is 208 g/mol. The number of rotatable bonds is 3. The van der Waals surface area contributed by atoms with Crippen molar-refractivity contribution in [2.24, 2.45) is 5.73 Å². The highest BCUT2D eigenvalue weighted by Gasteiger charge is 2.22. The predicted molar refractivity (Wildman–Crippen MR) is 59.9 cm³/mol. The van der Waals surface area contributed by atoms with E-state index in [1.165, 1.54) is 0 Å². The van der Waals surface area contributed by atoms with E-state index in [1.807, 2.05) is 4.90 Å². The van der Waals surface area contributed by atoms with Crippen LogP contribution in [0.4, 0.5) is 5.95 Å². The molecule has 0 aliphatic carbocycles. The lowest BCUT2D eigenvalue weighted by Crippen LogP contribution is -2.27. The number of hydrogen-bond donors (Lipinski definition) is 1. The number of hydrogen-bond acceptors (Lipinski definition) is 6. The molecule has 1 aliphatic heterocycles. The highest BCUT2D eigenvalue weighted by atomic mass is 16.5. The van der Waals surface area contributed by atoms with Gasteiger partial charge in [0.2, 0.25) is 17.7 Å². The first-order valence-electron chi connectivity index (χ1n) is 5.20. The second kappa shape index (κ2) is 4.52. The second-order valence-corrected chi connectivity index (χ2v) is 3.75. The van der Waals surface area contributed by atoms with Gasteiger partial charge in [-0.05, 0) is 6.42 Å². The molecule has 0 radical (unpaired) electrons. The van der Waals surface area contributed by atoms with Crippen molar-refractivity contribution in [3.05, 3.63) is 6.07 Å². The average Bonchev–Trinajstić information content (AvgIpc) is 2.75. The van der Waals surface area contributed by atoms with Gasteiger partial charge in [-0.1, -0.05) is 0 Å². The van der Waals surface area contributed by atoms with Gasteiger partial charge in [-0.2, -0.15) is 9.97 Å². The summed E-state index contributed by atoms with van der Waals surface area (Å²) in [5.74, 6) is 1.62. The molecular formula is C10H16N4O2. The molecule has 2 N–H and O–H groups in total. The van der Waals surface area contributed by atoms with E-state index in [0.717, 1.165) is 19.5 Å². The standard InChI is InChI=1S/C10H16N4O2/c1-15-8-5-9(16-2)13-10(12-8)14-4-3-7(11)6-14/h5,7H,3-4,6,11H2,1-2H3. The lowest BCUT2D eigenvalue weighted by molar-refractivity contribution is 0.372. The van der Waals surface area contributed by atoms with Gasteiger partial charge in [0.25, 0.3) is 0 Å². The Bertz CT molecular complexity index is 350. The first kappa shape index (κ1) is 10.9. The monoisotopic (exact) mass is 224 g/mol. The van der Waals surface area contributed by atoms with E-state index in [4.69, 9.17) is 15.2 Å². The van der Waals surface area contributed by atoms with Crippen LogP contribution in [0.25, 0.3) is 0 Å². The minimum absolute atomic E-state index is 0.195. The minimum atomic E-state index is 0.195. The lowest BCUT2D eigenvalue weighted by Gasteiger charge is -2.16. The van der Waals surface area contributed by atoms with Crippen molar-refractivity contribution >= 4 is 5.95 Å². The van der Waals surface area contributed by atoms with Crippen LogP contribution in [0.5, 0.6) is 11.8 Å².